The van der Waals surface area contributed by atoms with E-state index >= 15 is 0 Å². The van der Waals surface area contributed by atoms with Gasteiger partial charge in [-0.15, -0.1) is 0 Å². The molecule has 0 spiro atoms. The zero-order valence-corrected chi connectivity index (χ0v) is 12.0. The molecule has 108 valence electrons. The van der Waals surface area contributed by atoms with E-state index in [1.165, 1.54) is 11.6 Å². The van der Waals surface area contributed by atoms with Crippen LogP contribution >= 0.6 is 11.6 Å². The summed E-state index contributed by atoms with van der Waals surface area (Å²) in [4.78, 5) is 30.1. The second-order valence-corrected chi connectivity index (χ2v) is 4.38. The average molecular weight is 305 g/mol. The Kier molecular flexibility index (Phi) is 4.52. The lowest BCUT2D eigenvalue weighted by Gasteiger charge is -2.08. The van der Waals surface area contributed by atoms with Crippen LogP contribution in [0.15, 0.2) is 52.2 Å². The fourth-order valence-electron chi connectivity index (χ4n) is 1.93. The lowest BCUT2D eigenvalue weighted by Crippen LogP contribution is -2.29. The Morgan fingerprint density at radius 1 is 1.19 bits per heavy atom. The number of hydrogen-bond donors (Lipinski definition) is 2. The van der Waals surface area contributed by atoms with Crippen LogP contribution in [0.4, 0.5) is 0 Å². The average Bonchev–Trinajstić information content (AvgIpc) is 2.50. The third-order valence-electron chi connectivity index (χ3n) is 2.75. The summed E-state index contributed by atoms with van der Waals surface area (Å²) in [6.45, 7) is 0. The van der Waals surface area contributed by atoms with Gasteiger partial charge in [-0.1, -0.05) is 17.7 Å². The molecule has 0 bridgehead atoms. The highest BCUT2D eigenvalue weighted by Gasteiger charge is 2.10. The SMILES string of the molecule is CN.O=c1[nH]c(=O)n(-c2ccccn2)c2cc(Cl)ccc12. The molecule has 0 aliphatic rings. The van der Waals surface area contributed by atoms with E-state index in [2.05, 4.69) is 15.7 Å². The molecule has 0 atom stereocenters. The smallest absolute Gasteiger partial charge is 0.333 e. The van der Waals surface area contributed by atoms with E-state index in [1.807, 2.05) is 0 Å². The monoisotopic (exact) mass is 304 g/mol. The van der Waals surface area contributed by atoms with E-state index in [0.29, 0.717) is 21.7 Å². The van der Waals surface area contributed by atoms with E-state index in [4.69, 9.17) is 11.6 Å². The lowest BCUT2D eigenvalue weighted by molar-refractivity contribution is 0.910. The Bertz CT molecular complexity index is 872. The number of pyridine rings is 1. The summed E-state index contributed by atoms with van der Waals surface area (Å²) in [5.74, 6) is 0.427. The van der Waals surface area contributed by atoms with E-state index in [9.17, 15) is 9.59 Å². The normalized spacial score (nSPS) is 10.0. The molecule has 0 fully saturated rings. The summed E-state index contributed by atoms with van der Waals surface area (Å²) in [6, 6.07) is 9.94. The molecule has 21 heavy (non-hydrogen) atoms. The van der Waals surface area contributed by atoms with Crippen LogP contribution in [0, 0.1) is 0 Å². The Balaban J connectivity index is 0.000000774. The van der Waals surface area contributed by atoms with Crippen molar-refractivity contribution < 1.29 is 0 Å². The number of halogens is 1. The van der Waals surface area contributed by atoms with Crippen LogP contribution in [-0.2, 0) is 0 Å². The molecule has 7 heteroatoms. The molecule has 3 rings (SSSR count). The number of nitrogens with two attached hydrogens (primary N) is 1. The fraction of sp³-hybridized carbons (Fsp3) is 0.0714. The largest absolute Gasteiger partial charge is 0.334 e. The van der Waals surface area contributed by atoms with Crippen molar-refractivity contribution >= 4 is 22.5 Å². The molecule has 2 heterocycles. The van der Waals surface area contributed by atoms with Crippen molar-refractivity contribution in [1.29, 1.82) is 0 Å². The van der Waals surface area contributed by atoms with Gasteiger partial charge in [0.25, 0.3) is 5.56 Å². The number of H-pyrrole nitrogens is 1. The van der Waals surface area contributed by atoms with Gasteiger partial charge in [0, 0.05) is 11.2 Å². The first-order valence-electron chi connectivity index (χ1n) is 6.10. The molecule has 0 saturated heterocycles. The lowest BCUT2D eigenvalue weighted by atomic mass is 10.2. The number of rotatable bonds is 1. The van der Waals surface area contributed by atoms with Gasteiger partial charge in [-0.3, -0.25) is 9.78 Å². The van der Waals surface area contributed by atoms with Gasteiger partial charge < -0.3 is 5.73 Å². The highest BCUT2D eigenvalue weighted by atomic mass is 35.5. The molecule has 0 amide bonds. The Hall–Kier alpha value is -2.44. The summed E-state index contributed by atoms with van der Waals surface area (Å²) >= 11 is 5.93. The summed E-state index contributed by atoms with van der Waals surface area (Å²) in [5.41, 5.74) is 3.95. The summed E-state index contributed by atoms with van der Waals surface area (Å²) < 4.78 is 1.32. The maximum absolute atomic E-state index is 12.0. The van der Waals surface area contributed by atoms with Crippen molar-refractivity contribution in [2.45, 2.75) is 0 Å². The van der Waals surface area contributed by atoms with Crippen molar-refractivity contribution in [2.24, 2.45) is 5.73 Å². The fourth-order valence-corrected chi connectivity index (χ4v) is 2.09. The van der Waals surface area contributed by atoms with Gasteiger partial charge in [0.05, 0.1) is 10.9 Å². The van der Waals surface area contributed by atoms with E-state index < -0.39 is 11.2 Å². The number of benzene rings is 1. The molecule has 1 aromatic carbocycles. The van der Waals surface area contributed by atoms with Crippen LogP contribution < -0.4 is 17.0 Å². The van der Waals surface area contributed by atoms with Crippen LogP contribution in [0.5, 0.6) is 0 Å². The first-order chi connectivity index (χ1) is 10.2. The van der Waals surface area contributed by atoms with Crippen LogP contribution in [0.2, 0.25) is 5.02 Å². The number of aromatic amines is 1. The molecule has 0 saturated carbocycles. The predicted octanol–water partition coefficient (Wildman–Crippen LogP) is 1.30. The number of hydrogen-bond acceptors (Lipinski definition) is 4. The maximum atomic E-state index is 12.0. The van der Waals surface area contributed by atoms with E-state index in [1.54, 1.807) is 42.6 Å². The highest BCUT2D eigenvalue weighted by Crippen LogP contribution is 2.17. The van der Waals surface area contributed by atoms with Gasteiger partial charge >= 0.3 is 5.69 Å². The van der Waals surface area contributed by atoms with E-state index in [-0.39, 0.29) is 0 Å². The van der Waals surface area contributed by atoms with Gasteiger partial charge in [0.2, 0.25) is 0 Å². The number of nitrogens with one attached hydrogen (secondary N) is 1. The number of nitrogens with zero attached hydrogens (tertiary/aromatic N) is 2. The van der Waals surface area contributed by atoms with Gasteiger partial charge in [-0.25, -0.2) is 14.3 Å². The van der Waals surface area contributed by atoms with Crippen LogP contribution in [0.1, 0.15) is 0 Å². The van der Waals surface area contributed by atoms with Gasteiger partial charge in [-0.2, -0.15) is 0 Å². The van der Waals surface area contributed by atoms with Gasteiger partial charge in [0.15, 0.2) is 0 Å². The molecular weight excluding hydrogens is 292 g/mol. The Labute approximate surface area is 124 Å². The van der Waals surface area contributed by atoms with E-state index in [0.717, 1.165) is 0 Å². The van der Waals surface area contributed by atoms with Crippen molar-refractivity contribution in [1.82, 2.24) is 14.5 Å². The van der Waals surface area contributed by atoms with Crippen LogP contribution in [-0.4, -0.2) is 21.6 Å². The summed E-state index contributed by atoms with van der Waals surface area (Å²) in [7, 11) is 1.50. The third kappa shape index (κ3) is 2.86. The molecule has 0 radical (unpaired) electrons. The standard InChI is InChI=1S/C13H8ClN3O2.CH5N/c14-8-4-5-9-10(7-8)17(13(19)16-12(9)18)11-3-1-2-6-15-11;1-2/h1-7H,(H,16,18,19);2H2,1H3. The zero-order valence-electron chi connectivity index (χ0n) is 11.2. The molecule has 3 N–H and O–H groups in total. The molecule has 0 aliphatic carbocycles. The molecule has 0 unspecified atom stereocenters. The van der Waals surface area contributed by atoms with Gasteiger partial charge in [-0.05, 0) is 37.4 Å². The first kappa shape index (κ1) is 15.0. The van der Waals surface area contributed by atoms with Crippen molar-refractivity contribution in [2.75, 3.05) is 7.05 Å². The Morgan fingerprint density at radius 2 is 1.95 bits per heavy atom. The molecule has 0 aliphatic heterocycles. The Morgan fingerprint density at radius 3 is 2.62 bits per heavy atom. The summed E-state index contributed by atoms with van der Waals surface area (Å²) in [6.07, 6.45) is 1.57. The summed E-state index contributed by atoms with van der Waals surface area (Å²) in [5, 5.41) is 0.830. The molecular formula is C14H13ClN4O2. The predicted molar refractivity (Wildman–Crippen MR) is 83.1 cm³/mol. The second kappa shape index (κ2) is 6.34. The van der Waals surface area contributed by atoms with Crippen molar-refractivity contribution in [3.8, 4) is 5.82 Å². The van der Waals surface area contributed by atoms with Crippen LogP contribution in [0.25, 0.3) is 16.7 Å². The zero-order chi connectivity index (χ0) is 15.4. The number of aromatic nitrogens is 3. The minimum absolute atomic E-state index is 0.384. The molecule has 6 nitrogen and oxygen atoms in total. The maximum Gasteiger partial charge on any atom is 0.334 e. The second-order valence-electron chi connectivity index (χ2n) is 3.94. The van der Waals surface area contributed by atoms with Gasteiger partial charge in [0.1, 0.15) is 5.82 Å². The number of fused-ring (bicyclic) bond motifs is 1. The van der Waals surface area contributed by atoms with Crippen LogP contribution in [0.3, 0.4) is 0 Å². The molecule has 3 aromatic rings. The first-order valence-corrected chi connectivity index (χ1v) is 6.48. The highest BCUT2D eigenvalue weighted by molar-refractivity contribution is 6.31. The minimum Gasteiger partial charge on any atom is -0.333 e. The van der Waals surface area contributed by atoms with Crippen molar-refractivity contribution in [3.63, 3.8) is 0 Å². The quantitative estimate of drug-likeness (QED) is 0.708. The van der Waals surface area contributed by atoms with Crippen molar-refractivity contribution in [3.05, 3.63) is 68.5 Å². The minimum atomic E-state index is -0.543. The third-order valence-corrected chi connectivity index (χ3v) is 2.98. The topological polar surface area (TPSA) is 93.8 Å². The molecule has 2 aromatic heterocycles.